The minimum Gasteiger partial charge on any atom is -0.478 e. The number of aromatic carboxylic acids is 1. The van der Waals surface area contributed by atoms with Gasteiger partial charge in [0.05, 0.1) is 16.8 Å². The molecular weight excluding hydrogens is 272 g/mol. The highest BCUT2D eigenvalue weighted by atomic mass is 35.5. The van der Waals surface area contributed by atoms with Gasteiger partial charge in [-0.25, -0.2) is 4.79 Å². The summed E-state index contributed by atoms with van der Waals surface area (Å²) in [6.07, 6.45) is 0.339. The number of amides is 1. The van der Waals surface area contributed by atoms with E-state index in [1.54, 1.807) is 6.07 Å². The molecule has 0 fully saturated rings. The Morgan fingerprint density at radius 2 is 2.21 bits per heavy atom. The van der Waals surface area contributed by atoms with E-state index in [-0.39, 0.29) is 16.3 Å². The van der Waals surface area contributed by atoms with Crippen molar-refractivity contribution in [1.82, 2.24) is 0 Å². The molecule has 0 aliphatic heterocycles. The highest BCUT2D eigenvalue weighted by Gasteiger charge is 2.19. The fraction of sp³-hybridized carbons (Fsp3) is 0.333. The summed E-state index contributed by atoms with van der Waals surface area (Å²) in [5.41, 5.74) is 5.61. The van der Waals surface area contributed by atoms with E-state index in [0.29, 0.717) is 13.0 Å². The van der Waals surface area contributed by atoms with Crippen LogP contribution in [0.15, 0.2) is 18.2 Å². The maximum atomic E-state index is 11.8. The minimum absolute atomic E-state index is 0.0516. The van der Waals surface area contributed by atoms with Crippen molar-refractivity contribution < 1.29 is 19.4 Å². The van der Waals surface area contributed by atoms with Crippen LogP contribution in [0.1, 0.15) is 16.8 Å². The molecule has 0 aliphatic carbocycles. The smallest absolute Gasteiger partial charge is 0.339 e. The van der Waals surface area contributed by atoms with Gasteiger partial charge in [0.1, 0.15) is 5.56 Å². The van der Waals surface area contributed by atoms with Crippen molar-refractivity contribution in [3.8, 4) is 0 Å². The first kappa shape index (κ1) is 15.4. The average molecular weight is 287 g/mol. The Hall–Kier alpha value is -1.63. The van der Waals surface area contributed by atoms with E-state index in [2.05, 4.69) is 5.32 Å². The molecule has 0 aromatic heterocycles. The molecule has 19 heavy (non-hydrogen) atoms. The zero-order valence-electron chi connectivity index (χ0n) is 10.4. The van der Waals surface area contributed by atoms with Crippen LogP contribution in [0.5, 0.6) is 0 Å². The third-order valence-corrected chi connectivity index (χ3v) is 2.77. The highest BCUT2D eigenvalue weighted by Crippen LogP contribution is 2.24. The van der Waals surface area contributed by atoms with Gasteiger partial charge in [-0.2, -0.15) is 0 Å². The predicted octanol–water partition coefficient (Wildman–Crippen LogP) is 1.34. The van der Waals surface area contributed by atoms with Gasteiger partial charge in [0, 0.05) is 13.7 Å². The molecule has 1 atom stereocenters. The normalized spacial score (nSPS) is 11.9. The Labute approximate surface area is 115 Å². The topological polar surface area (TPSA) is 102 Å². The van der Waals surface area contributed by atoms with Crippen LogP contribution in [-0.2, 0) is 9.53 Å². The quantitative estimate of drug-likeness (QED) is 0.732. The van der Waals surface area contributed by atoms with Crippen molar-refractivity contribution >= 4 is 29.2 Å². The largest absolute Gasteiger partial charge is 0.478 e. The number of carboxylic acids is 1. The van der Waals surface area contributed by atoms with Gasteiger partial charge in [0.2, 0.25) is 5.91 Å². The molecule has 0 radical (unpaired) electrons. The van der Waals surface area contributed by atoms with E-state index in [1.807, 2.05) is 0 Å². The lowest BCUT2D eigenvalue weighted by atomic mass is 10.1. The molecule has 1 aromatic rings. The summed E-state index contributed by atoms with van der Waals surface area (Å²) >= 11 is 5.79. The van der Waals surface area contributed by atoms with Gasteiger partial charge in [-0.15, -0.1) is 0 Å². The second kappa shape index (κ2) is 7.08. The molecule has 6 nitrogen and oxygen atoms in total. The number of benzene rings is 1. The lowest BCUT2D eigenvalue weighted by molar-refractivity contribution is -0.117. The summed E-state index contributed by atoms with van der Waals surface area (Å²) in [5.74, 6) is -1.70. The van der Waals surface area contributed by atoms with Crippen molar-refractivity contribution in [3.05, 3.63) is 28.8 Å². The number of carboxylic acid groups (broad SMARTS) is 1. The van der Waals surface area contributed by atoms with Crippen LogP contribution in [0, 0.1) is 0 Å². The van der Waals surface area contributed by atoms with Crippen molar-refractivity contribution in [2.75, 3.05) is 19.0 Å². The molecule has 0 heterocycles. The number of nitrogens with one attached hydrogen (secondary N) is 1. The summed E-state index contributed by atoms with van der Waals surface area (Å²) in [6, 6.07) is 3.66. The Kier molecular flexibility index (Phi) is 5.75. The summed E-state index contributed by atoms with van der Waals surface area (Å²) in [7, 11) is 1.50. The Morgan fingerprint density at radius 3 is 2.79 bits per heavy atom. The van der Waals surface area contributed by atoms with Crippen molar-refractivity contribution in [2.45, 2.75) is 12.5 Å². The maximum Gasteiger partial charge on any atom is 0.339 e. The fourth-order valence-corrected chi connectivity index (χ4v) is 1.70. The third kappa shape index (κ3) is 4.20. The molecule has 0 saturated heterocycles. The van der Waals surface area contributed by atoms with Crippen LogP contribution in [0.3, 0.4) is 0 Å². The molecule has 0 bridgehead atoms. The summed E-state index contributed by atoms with van der Waals surface area (Å²) < 4.78 is 4.82. The third-order valence-electron chi connectivity index (χ3n) is 2.46. The van der Waals surface area contributed by atoms with E-state index in [0.717, 1.165) is 0 Å². The van der Waals surface area contributed by atoms with Crippen LogP contribution in [-0.4, -0.2) is 36.7 Å². The first-order valence-electron chi connectivity index (χ1n) is 5.54. The molecule has 4 N–H and O–H groups in total. The van der Waals surface area contributed by atoms with Gasteiger partial charge in [0.25, 0.3) is 0 Å². The van der Waals surface area contributed by atoms with Gasteiger partial charge < -0.3 is 20.9 Å². The van der Waals surface area contributed by atoms with E-state index in [1.165, 1.54) is 19.2 Å². The van der Waals surface area contributed by atoms with Crippen molar-refractivity contribution in [1.29, 1.82) is 0 Å². The number of halogens is 1. The lowest BCUT2D eigenvalue weighted by Gasteiger charge is -2.13. The van der Waals surface area contributed by atoms with Gasteiger partial charge >= 0.3 is 5.97 Å². The Bertz CT molecular complexity index is 479. The molecule has 1 unspecified atom stereocenters. The van der Waals surface area contributed by atoms with Gasteiger partial charge in [-0.05, 0) is 18.6 Å². The van der Waals surface area contributed by atoms with Crippen LogP contribution in [0.25, 0.3) is 0 Å². The van der Waals surface area contributed by atoms with Gasteiger partial charge in [-0.1, -0.05) is 17.7 Å². The number of anilines is 1. The number of hydrogen-bond donors (Lipinski definition) is 3. The number of hydrogen-bond acceptors (Lipinski definition) is 4. The molecule has 0 spiro atoms. The van der Waals surface area contributed by atoms with E-state index in [9.17, 15) is 9.59 Å². The fourth-order valence-electron chi connectivity index (χ4n) is 1.45. The van der Waals surface area contributed by atoms with Crippen LogP contribution in [0.4, 0.5) is 5.69 Å². The Morgan fingerprint density at radius 1 is 1.53 bits per heavy atom. The SMILES string of the molecule is COCCC(N)C(=O)Nc1cccc(Cl)c1C(=O)O. The molecule has 1 rings (SSSR count). The molecule has 1 amide bonds. The molecule has 0 aliphatic rings. The second-order valence-electron chi connectivity index (χ2n) is 3.84. The van der Waals surface area contributed by atoms with Crippen LogP contribution >= 0.6 is 11.6 Å². The lowest BCUT2D eigenvalue weighted by Crippen LogP contribution is -2.36. The first-order chi connectivity index (χ1) is 8.97. The van der Waals surface area contributed by atoms with Crippen LogP contribution in [0.2, 0.25) is 5.02 Å². The number of methoxy groups -OCH3 is 1. The van der Waals surface area contributed by atoms with Crippen molar-refractivity contribution in [2.24, 2.45) is 5.73 Å². The van der Waals surface area contributed by atoms with E-state index >= 15 is 0 Å². The first-order valence-corrected chi connectivity index (χ1v) is 5.92. The standard InChI is InChI=1S/C12H15ClN2O4/c1-19-6-5-8(14)11(16)15-9-4-2-3-7(13)10(9)12(17)18/h2-4,8H,5-6,14H2,1H3,(H,15,16)(H,17,18). The summed E-state index contributed by atoms with van der Waals surface area (Å²) in [4.78, 5) is 22.9. The number of carbonyl (C=O) groups is 2. The zero-order chi connectivity index (χ0) is 14.4. The molecule has 7 heteroatoms. The summed E-state index contributed by atoms with van der Waals surface area (Å²) in [6.45, 7) is 0.343. The van der Waals surface area contributed by atoms with E-state index < -0.39 is 17.9 Å². The Balaban J connectivity index is 2.85. The highest BCUT2D eigenvalue weighted by molar-refractivity contribution is 6.34. The maximum absolute atomic E-state index is 11.8. The van der Waals surface area contributed by atoms with E-state index in [4.69, 9.17) is 27.2 Å². The number of ether oxygens (including phenoxy) is 1. The number of carbonyl (C=O) groups excluding carboxylic acids is 1. The predicted molar refractivity (Wildman–Crippen MR) is 71.5 cm³/mol. The number of nitrogens with two attached hydrogens (primary N) is 1. The molecule has 0 saturated carbocycles. The molecule has 104 valence electrons. The molecule has 1 aromatic carbocycles. The zero-order valence-corrected chi connectivity index (χ0v) is 11.1. The van der Waals surface area contributed by atoms with Gasteiger partial charge in [-0.3, -0.25) is 4.79 Å². The van der Waals surface area contributed by atoms with Crippen molar-refractivity contribution in [3.63, 3.8) is 0 Å². The molecular formula is C12H15ClN2O4. The minimum atomic E-state index is -1.22. The van der Waals surface area contributed by atoms with Gasteiger partial charge in [0.15, 0.2) is 0 Å². The monoisotopic (exact) mass is 286 g/mol. The summed E-state index contributed by atoms with van der Waals surface area (Å²) in [5, 5.41) is 11.6. The van der Waals surface area contributed by atoms with Crippen LogP contribution < -0.4 is 11.1 Å². The average Bonchev–Trinajstić information content (AvgIpc) is 2.35. The number of rotatable bonds is 6. The second-order valence-corrected chi connectivity index (χ2v) is 4.25.